The molecule has 0 saturated carbocycles. The van der Waals surface area contributed by atoms with Crippen LogP contribution in [0.1, 0.15) is 70.6 Å². The lowest BCUT2D eigenvalue weighted by Crippen LogP contribution is -2.57. The second-order valence-corrected chi connectivity index (χ2v) is 12.9. The third-order valence-electron chi connectivity index (χ3n) is 6.83. The van der Waals surface area contributed by atoms with Crippen LogP contribution in [0.2, 0.25) is 0 Å². The maximum atomic E-state index is 13.3. The summed E-state index contributed by atoms with van der Waals surface area (Å²) >= 11 is 2.79. The summed E-state index contributed by atoms with van der Waals surface area (Å²) in [6.07, 6.45) is 6.20. The van der Waals surface area contributed by atoms with E-state index in [2.05, 4.69) is 10.3 Å². The number of nitrogens with zero attached hydrogens (tertiary/aromatic N) is 1. The number of thioether (sulfide) groups is 1. The van der Waals surface area contributed by atoms with Gasteiger partial charge >= 0.3 is 5.97 Å². The zero-order chi connectivity index (χ0) is 25.6. The van der Waals surface area contributed by atoms with Gasteiger partial charge in [-0.3, -0.25) is 9.59 Å². The Kier molecular flexibility index (Phi) is 7.04. The Hall–Kier alpha value is -2.01. The van der Waals surface area contributed by atoms with Gasteiger partial charge in [0.1, 0.15) is 17.2 Å². The van der Waals surface area contributed by atoms with Gasteiger partial charge in [0, 0.05) is 16.5 Å². The number of hydrogen-bond donors (Lipinski definition) is 2. The van der Waals surface area contributed by atoms with Crippen LogP contribution in [0.25, 0.3) is 6.08 Å². The van der Waals surface area contributed by atoms with Crippen LogP contribution in [0.15, 0.2) is 23.6 Å². The highest BCUT2D eigenvalue weighted by Gasteiger charge is 2.66. The molecule has 4 bridgehead atoms. The predicted octanol–water partition coefficient (Wildman–Crippen LogP) is 3.36. The average molecular weight is 521 g/mol. The van der Waals surface area contributed by atoms with Crippen molar-refractivity contribution in [2.24, 2.45) is 0 Å². The predicted molar refractivity (Wildman–Crippen MR) is 135 cm³/mol. The number of hydrogen-bond acceptors (Lipinski definition) is 9. The average Bonchev–Trinajstić information content (AvgIpc) is 3.32. The number of carbonyl (C=O) groups excluding carboxylic acids is 3. The minimum Gasteiger partial charge on any atom is -0.461 e. The Bertz CT molecular complexity index is 1080. The van der Waals surface area contributed by atoms with E-state index in [1.165, 1.54) is 36.1 Å². The monoisotopic (exact) mass is 520 g/mol. The van der Waals surface area contributed by atoms with Crippen molar-refractivity contribution < 1.29 is 29.0 Å². The van der Waals surface area contributed by atoms with E-state index in [-0.39, 0.29) is 30.3 Å². The van der Waals surface area contributed by atoms with E-state index in [1.807, 2.05) is 19.2 Å². The van der Waals surface area contributed by atoms with Crippen molar-refractivity contribution in [2.75, 3.05) is 0 Å². The molecule has 1 aromatic rings. The van der Waals surface area contributed by atoms with E-state index in [9.17, 15) is 19.5 Å². The van der Waals surface area contributed by atoms with Crippen molar-refractivity contribution >= 4 is 46.8 Å². The lowest BCUT2D eigenvalue weighted by molar-refractivity contribution is -0.171. The van der Waals surface area contributed by atoms with Crippen molar-refractivity contribution in [3.63, 3.8) is 0 Å². The molecule has 3 aliphatic rings. The first-order valence-electron chi connectivity index (χ1n) is 11.8. The summed E-state index contributed by atoms with van der Waals surface area (Å²) < 4.78 is 9.47. The molecule has 0 spiro atoms. The van der Waals surface area contributed by atoms with Gasteiger partial charge in [0.05, 0.1) is 22.6 Å². The Morgan fingerprint density at radius 2 is 2.03 bits per heavy atom. The summed E-state index contributed by atoms with van der Waals surface area (Å²) in [5.41, 5.74) is -1.21. The number of epoxide rings is 1. The first kappa shape index (κ1) is 26.1. The van der Waals surface area contributed by atoms with E-state index in [0.717, 1.165) is 10.7 Å². The SMILES string of the molecule is CC(C)OC(=O)[C@](C)(O)[C@]12CC[C@](C)(S1)[C@@H]1O[C@H]1C(=O)/C=C/C=C\c1csc(n1)[C@@H](C)NC(=O)C2. The molecule has 0 radical (unpaired) electrons. The van der Waals surface area contributed by atoms with Gasteiger partial charge in [-0.25, -0.2) is 9.78 Å². The Balaban J connectivity index is 1.70. The number of allylic oxidation sites excluding steroid dienone is 2. The Morgan fingerprint density at radius 3 is 2.74 bits per heavy atom. The molecule has 0 unspecified atom stereocenters. The van der Waals surface area contributed by atoms with Crippen LogP contribution in [-0.2, 0) is 23.9 Å². The molecule has 2 N–H and O–H groups in total. The van der Waals surface area contributed by atoms with Gasteiger partial charge in [0.15, 0.2) is 11.4 Å². The molecular formula is C25H32N2O6S2. The summed E-state index contributed by atoms with van der Waals surface area (Å²) in [6.45, 7) is 8.67. The number of rotatable bonds is 3. The molecule has 190 valence electrons. The number of aliphatic hydroxyl groups is 1. The molecule has 4 rings (SSSR count). The lowest BCUT2D eigenvalue weighted by Gasteiger charge is -2.41. The third-order valence-corrected chi connectivity index (χ3v) is 9.91. The fraction of sp³-hybridized carbons (Fsp3) is 0.600. The number of ketones is 1. The van der Waals surface area contributed by atoms with E-state index in [1.54, 1.807) is 32.1 Å². The van der Waals surface area contributed by atoms with Crippen LogP contribution >= 0.6 is 23.1 Å². The lowest BCUT2D eigenvalue weighted by atomic mass is 9.80. The van der Waals surface area contributed by atoms with Gasteiger partial charge in [-0.05, 0) is 59.6 Å². The van der Waals surface area contributed by atoms with Crippen molar-refractivity contribution in [3.05, 3.63) is 34.3 Å². The molecule has 6 atom stereocenters. The summed E-state index contributed by atoms with van der Waals surface area (Å²) in [7, 11) is 0. The van der Waals surface area contributed by atoms with Gasteiger partial charge in [-0.15, -0.1) is 23.1 Å². The molecule has 0 aromatic carbocycles. The quantitative estimate of drug-likeness (QED) is 0.460. The molecule has 0 aliphatic carbocycles. The number of thiazole rings is 1. The highest BCUT2D eigenvalue weighted by Crippen LogP contribution is 2.61. The molecule has 3 aliphatic heterocycles. The van der Waals surface area contributed by atoms with Crippen molar-refractivity contribution in [3.8, 4) is 0 Å². The molecule has 8 nitrogen and oxygen atoms in total. The number of nitrogens with one attached hydrogen (secondary N) is 1. The fourth-order valence-electron chi connectivity index (χ4n) is 4.74. The van der Waals surface area contributed by atoms with Gasteiger partial charge in [0.2, 0.25) is 5.91 Å². The van der Waals surface area contributed by atoms with E-state index in [0.29, 0.717) is 12.8 Å². The second kappa shape index (κ2) is 9.46. The van der Waals surface area contributed by atoms with Crippen LogP contribution < -0.4 is 5.32 Å². The molecule has 2 saturated heterocycles. The minimum absolute atomic E-state index is 0.0961. The maximum Gasteiger partial charge on any atom is 0.339 e. The van der Waals surface area contributed by atoms with Crippen LogP contribution in [-0.4, -0.2) is 61.2 Å². The van der Waals surface area contributed by atoms with Gasteiger partial charge < -0.3 is 19.9 Å². The Labute approximate surface area is 213 Å². The second-order valence-electron chi connectivity index (χ2n) is 10.1. The molecule has 2 fully saturated rings. The van der Waals surface area contributed by atoms with Crippen molar-refractivity contribution in [1.29, 1.82) is 0 Å². The third kappa shape index (κ3) is 5.12. The first-order valence-corrected chi connectivity index (χ1v) is 13.5. The van der Waals surface area contributed by atoms with E-state index >= 15 is 0 Å². The first-order chi connectivity index (χ1) is 16.4. The highest BCUT2D eigenvalue weighted by molar-refractivity contribution is 8.02. The molecule has 1 amide bonds. The number of ether oxygens (including phenoxy) is 2. The van der Waals surface area contributed by atoms with Gasteiger partial charge in [0.25, 0.3) is 0 Å². The topological polar surface area (TPSA) is 118 Å². The molecule has 10 heteroatoms. The van der Waals surface area contributed by atoms with Gasteiger partial charge in [-0.2, -0.15) is 0 Å². The molecule has 35 heavy (non-hydrogen) atoms. The maximum absolute atomic E-state index is 13.3. The summed E-state index contributed by atoms with van der Waals surface area (Å²) in [5.74, 6) is -1.20. The molecular weight excluding hydrogens is 488 g/mol. The number of amides is 1. The highest BCUT2D eigenvalue weighted by atomic mass is 32.2. The number of aromatic nitrogens is 1. The summed E-state index contributed by atoms with van der Waals surface area (Å²) in [5, 5.41) is 17.2. The smallest absolute Gasteiger partial charge is 0.339 e. The summed E-state index contributed by atoms with van der Waals surface area (Å²) in [4.78, 5) is 43.5. The molecule has 4 heterocycles. The van der Waals surface area contributed by atoms with Crippen molar-refractivity contribution in [2.45, 2.75) is 93.3 Å². The minimum atomic E-state index is -1.93. The van der Waals surface area contributed by atoms with E-state index < -0.39 is 33.3 Å². The van der Waals surface area contributed by atoms with Crippen LogP contribution in [0.3, 0.4) is 0 Å². The van der Waals surface area contributed by atoms with Crippen LogP contribution in [0.4, 0.5) is 0 Å². The zero-order valence-electron chi connectivity index (χ0n) is 20.6. The van der Waals surface area contributed by atoms with Crippen LogP contribution in [0.5, 0.6) is 0 Å². The van der Waals surface area contributed by atoms with Crippen LogP contribution in [0, 0.1) is 0 Å². The van der Waals surface area contributed by atoms with Crippen molar-refractivity contribution in [1.82, 2.24) is 10.3 Å². The largest absolute Gasteiger partial charge is 0.461 e. The van der Waals surface area contributed by atoms with Gasteiger partial charge in [-0.1, -0.05) is 12.2 Å². The number of fused-ring (bicyclic) bond motifs is 6. The number of esters is 1. The standard InChI is InChI=1S/C25H32N2O6S2/c1-14(2)32-22(30)24(5,31)25-11-10-23(4,35-25)20-19(33-20)17(28)9-7-6-8-16-13-34-21(27-16)15(3)26-18(29)12-25/h6-9,13-15,19-20,31H,10-12H2,1-5H3,(H,26,29)/b8-6-,9-7+/t15-,19+,20-,23+,24+,25-/m1/s1. The normalized spacial score (nSPS) is 36.5. The Morgan fingerprint density at radius 1 is 1.31 bits per heavy atom. The number of carbonyl (C=O) groups is 3. The van der Waals surface area contributed by atoms with E-state index in [4.69, 9.17) is 9.47 Å². The summed E-state index contributed by atoms with van der Waals surface area (Å²) in [6, 6.07) is -0.346. The molecule has 1 aromatic heterocycles. The fourth-order valence-corrected chi connectivity index (χ4v) is 7.61. The zero-order valence-corrected chi connectivity index (χ0v) is 22.2.